The highest BCUT2D eigenvalue weighted by atomic mass is 16.6. The van der Waals surface area contributed by atoms with Gasteiger partial charge in [-0.2, -0.15) is 0 Å². The number of ether oxygens (including phenoxy) is 1. The fourth-order valence-electron chi connectivity index (χ4n) is 3.03. The lowest BCUT2D eigenvalue weighted by atomic mass is 10.0. The highest BCUT2D eigenvalue weighted by molar-refractivity contribution is 4.80. The largest absolute Gasteiger partial charge is 0.373 e. The van der Waals surface area contributed by atoms with E-state index in [0.717, 1.165) is 12.6 Å². The number of hydrogen-bond donors (Lipinski definition) is 0. The van der Waals surface area contributed by atoms with Crippen molar-refractivity contribution in [3.05, 3.63) is 0 Å². The molecule has 0 saturated carbocycles. The summed E-state index contributed by atoms with van der Waals surface area (Å²) in [7, 11) is 0. The first-order valence-corrected chi connectivity index (χ1v) is 8.67. The summed E-state index contributed by atoms with van der Waals surface area (Å²) in [6, 6.07) is 0.762. The van der Waals surface area contributed by atoms with Crippen LogP contribution < -0.4 is 0 Å². The lowest BCUT2D eigenvalue weighted by Crippen LogP contribution is -2.36. The van der Waals surface area contributed by atoms with Crippen molar-refractivity contribution >= 4 is 0 Å². The maximum atomic E-state index is 5.42. The molecule has 19 heavy (non-hydrogen) atoms. The normalized spacial score (nSPS) is 19.9. The molecule has 0 N–H and O–H groups in total. The second-order valence-electron chi connectivity index (χ2n) is 5.98. The van der Waals surface area contributed by atoms with E-state index in [0.29, 0.717) is 6.10 Å². The summed E-state index contributed by atoms with van der Waals surface area (Å²) in [6.45, 7) is 10.2. The van der Waals surface area contributed by atoms with Crippen molar-refractivity contribution in [3.63, 3.8) is 0 Å². The maximum absolute atomic E-state index is 5.42. The van der Waals surface area contributed by atoms with Gasteiger partial charge in [0.05, 0.1) is 12.7 Å². The van der Waals surface area contributed by atoms with Crippen molar-refractivity contribution in [2.45, 2.75) is 90.7 Å². The van der Waals surface area contributed by atoms with E-state index in [1.54, 1.807) is 0 Å². The molecule has 0 radical (unpaired) electrons. The Morgan fingerprint density at radius 2 is 1.53 bits per heavy atom. The Morgan fingerprint density at radius 3 is 2.05 bits per heavy atom. The van der Waals surface area contributed by atoms with Crippen LogP contribution >= 0.6 is 0 Å². The molecule has 2 unspecified atom stereocenters. The molecule has 2 nitrogen and oxygen atoms in total. The Labute approximate surface area is 120 Å². The predicted molar refractivity (Wildman–Crippen MR) is 83.7 cm³/mol. The number of unbranched alkanes of at least 4 members (excludes halogenated alkanes) is 6. The number of rotatable bonds is 13. The van der Waals surface area contributed by atoms with E-state index in [-0.39, 0.29) is 0 Å². The third-order valence-corrected chi connectivity index (χ3v) is 4.41. The molecule has 1 rings (SSSR count). The predicted octanol–water partition coefficient (Wildman–Crippen LogP) is 4.63. The molecule has 1 saturated heterocycles. The molecule has 114 valence electrons. The van der Waals surface area contributed by atoms with Crippen LogP contribution in [0.4, 0.5) is 0 Å². The number of epoxide rings is 1. The van der Waals surface area contributed by atoms with Crippen LogP contribution in [0.5, 0.6) is 0 Å². The van der Waals surface area contributed by atoms with Gasteiger partial charge < -0.3 is 9.64 Å². The third-order valence-electron chi connectivity index (χ3n) is 4.41. The second kappa shape index (κ2) is 10.7. The van der Waals surface area contributed by atoms with Crippen LogP contribution in [0.15, 0.2) is 0 Å². The zero-order valence-electron chi connectivity index (χ0n) is 13.5. The summed E-state index contributed by atoms with van der Waals surface area (Å²) in [5.41, 5.74) is 0. The molecule has 2 heteroatoms. The molecular weight excluding hydrogens is 234 g/mol. The third kappa shape index (κ3) is 7.94. The lowest BCUT2D eigenvalue weighted by Gasteiger charge is -2.29. The molecule has 0 spiro atoms. The minimum atomic E-state index is 0.579. The van der Waals surface area contributed by atoms with E-state index in [2.05, 4.69) is 25.7 Å². The van der Waals surface area contributed by atoms with Gasteiger partial charge in [0.2, 0.25) is 0 Å². The van der Waals surface area contributed by atoms with E-state index in [1.165, 1.54) is 70.9 Å². The minimum Gasteiger partial charge on any atom is -0.373 e. The summed E-state index contributed by atoms with van der Waals surface area (Å²) in [5, 5.41) is 0. The molecule has 1 aliphatic rings. The monoisotopic (exact) mass is 269 g/mol. The molecule has 0 aromatic heterocycles. The zero-order valence-corrected chi connectivity index (χ0v) is 13.5. The zero-order chi connectivity index (χ0) is 13.9. The smallest absolute Gasteiger partial charge is 0.0824 e. The Kier molecular flexibility index (Phi) is 9.54. The summed E-state index contributed by atoms with van der Waals surface area (Å²) in [5.74, 6) is 0. The Morgan fingerprint density at radius 1 is 0.947 bits per heavy atom. The molecule has 0 bridgehead atoms. The van der Waals surface area contributed by atoms with E-state index < -0.39 is 0 Å². The Hall–Kier alpha value is -0.0800. The van der Waals surface area contributed by atoms with E-state index in [9.17, 15) is 0 Å². The summed E-state index contributed by atoms with van der Waals surface area (Å²) >= 11 is 0. The number of nitrogens with zero attached hydrogens (tertiary/aromatic N) is 1. The summed E-state index contributed by atoms with van der Waals surface area (Å²) in [6.07, 6.45) is 13.1. The molecule has 1 aliphatic heterocycles. The maximum Gasteiger partial charge on any atom is 0.0824 e. The van der Waals surface area contributed by atoms with Crippen molar-refractivity contribution < 1.29 is 4.74 Å². The number of hydrogen-bond acceptors (Lipinski definition) is 2. The van der Waals surface area contributed by atoms with Crippen molar-refractivity contribution in [3.8, 4) is 0 Å². The molecule has 0 amide bonds. The first-order chi connectivity index (χ1) is 9.31. The van der Waals surface area contributed by atoms with Crippen LogP contribution in [0.1, 0.15) is 78.6 Å². The molecule has 1 heterocycles. The highest BCUT2D eigenvalue weighted by Gasteiger charge is 2.28. The average Bonchev–Trinajstić information content (AvgIpc) is 3.22. The minimum absolute atomic E-state index is 0.579. The van der Waals surface area contributed by atoms with Gasteiger partial charge in [0.15, 0.2) is 0 Å². The van der Waals surface area contributed by atoms with Crippen LogP contribution in [0.3, 0.4) is 0 Å². The van der Waals surface area contributed by atoms with E-state index in [4.69, 9.17) is 4.74 Å². The molecule has 1 fully saturated rings. The average molecular weight is 269 g/mol. The van der Waals surface area contributed by atoms with Gasteiger partial charge in [-0.25, -0.2) is 0 Å². The van der Waals surface area contributed by atoms with Crippen LogP contribution in [0.2, 0.25) is 0 Å². The fraction of sp³-hybridized carbons (Fsp3) is 1.00. The van der Waals surface area contributed by atoms with Gasteiger partial charge in [0, 0.05) is 6.04 Å². The second-order valence-corrected chi connectivity index (χ2v) is 5.98. The van der Waals surface area contributed by atoms with Crippen molar-refractivity contribution in [2.75, 3.05) is 19.7 Å². The first kappa shape index (κ1) is 17.0. The van der Waals surface area contributed by atoms with Crippen LogP contribution in [0.25, 0.3) is 0 Å². The molecule has 0 aromatic rings. The quantitative estimate of drug-likeness (QED) is 0.358. The lowest BCUT2D eigenvalue weighted by molar-refractivity contribution is 0.179. The van der Waals surface area contributed by atoms with Crippen molar-refractivity contribution in [1.82, 2.24) is 4.90 Å². The van der Waals surface area contributed by atoms with Gasteiger partial charge in [-0.3, -0.25) is 0 Å². The van der Waals surface area contributed by atoms with Gasteiger partial charge >= 0.3 is 0 Å². The topological polar surface area (TPSA) is 15.8 Å². The van der Waals surface area contributed by atoms with Crippen molar-refractivity contribution in [2.24, 2.45) is 0 Å². The fourth-order valence-corrected chi connectivity index (χ4v) is 3.03. The summed E-state index contributed by atoms with van der Waals surface area (Å²) < 4.78 is 5.42. The van der Waals surface area contributed by atoms with Crippen molar-refractivity contribution in [1.29, 1.82) is 0 Å². The molecule has 0 aliphatic carbocycles. The molecule has 2 atom stereocenters. The van der Waals surface area contributed by atoms with Gasteiger partial charge in [-0.15, -0.1) is 0 Å². The van der Waals surface area contributed by atoms with Gasteiger partial charge in [-0.1, -0.05) is 65.7 Å². The standard InChI is InChI=1S/C17H35NO/c1-4-7-8-9-10-11-12-13-16(14-17-15-19-17)18(5-2)6-3/h16-17H,4-15H2,1-3H3. The molecular formula is C17H35NO. The highest BCUT2D eigenvalue weighted by Crippen LogP contribution is 2.23. The summed E-state index contributed by atoms with van der Waals surface area (Å²) in [4.78, 5) is 2.62. The molecule has 0 aromatic carbocycles. The van der Waals surface area contributed by atoms with E-state index >= 15 is 0 Å². The SMILES string of the molecule is CCCCCCCCCC(CC1CO1)N(CC)CC. The first-order valence-electron chi connectivity index (χ1n) is 8.67. The van der Waals surface area contributed by atoms with Crippen LogP contribution in [-0.2, 0) is 4.74 Å². The van der Waals surface area contributed by atoms with Crippen LogP contribution in [-0.4, -0.2) is 36.7 Å². The van der Waals surface area contributed by atoms with Crippen LogP contribution in [0, 0.1) is 0 Å². The Bertz CT molecular complexity index is 199. The van der Waals surface area contributed by atoms with Gasteiger partial charge in [-0.05, 0) is 25.9 Å². The van der Waals surface area contributed by atoms with Gasteiger partial charge in [0.1, 0.15) is 0 Å². The Balaban J connectivity index is 2.09. The van der Waals surface area contributed by atoms with E-state index in [1.807, 2.05) is 0 Å². The van der Waals surface area contributed by atoms with Gasteiger partial charge in [0.25, 0.3) is 0 Å².